The normalized spacial score (nSPS) is 16.7. The van der Waals surface area contributed by atoms with E-state index in [1.165, 1.54) is 136 Å². The number of carboxylic acid groups (broad SMARTS) is 8. The zero-order valence-electron chi connectivity index (χ0n) is 63.4. The van der Waals surface area contributed by atoms with Crippen molar-refractivity contribution in [1.29, 1.82) is 0 Å². The number of anilines is 3. The van der Waals surface area contributed by atoms with Crippen LogP contribution in [0.25, 0.3) is 33.7 Å². The Kier molecular flexibility index (Phi) is 25.5. The first-order chi connectivity index (χ1) is 51.7. The van der Waals surface area contributed by atoms with Crippen molar-refractivity contribution in [3.8, 4) is 0 Å². The molecule has 111 heavy (non-hydrogen) atoms. The van der Waals surface area contributed by atoms with Crippen LogP contribution in [0.5, 0.6) is 0 Å². The quantitative estimate of drug-likeness (QED) is 0.0290. The minimum absolute atomic E-state index is 0.0445. The monoisotopic (exact) mass is 1540 g/mol. The Bertz CT molecular complexity index is 4300. The second-order valence-electron chi connectivity index (χ2n) is 27.0. The molecule has 592 valence electrons. The van der Waals surface area contributed by atoms with Crippen LogP contribution >= 0.6 is 0 Å². The largest absolute Gasteiger partial charge is 0.465 e. The first-order valence-electron chi connectivity index (χ1n) is 34.2. The van der Waals surface area contributed by atoms with E-state index in [0.717, 1.165) is 56.4 Å². The predicted octanol–water partition coefficient (Wildman–Crippen LogP) is 7.06. The number of para-hydroxylation sites is 1. The molecule has 16 amide bonds. The summed E-state index contributed by atoms with van der Waals surface area (Å²) in [4.78, 5) is 230. The van der Waals surface area contributed by atoms with Crippen LogP contribution < -0.4 is 14.7 Å². The van der Waals surface area contributed by atoms with Crippen molar-refractivity contribution in [2.75, 3.05) is 84.2 Å². The molecule has 0 spiro atoms. The number of imide groups is 8. The molecule has 0 aromatic heterocycles. The van der Waals surface area contributed by atoms with Gasteiger partial charge >= 0.3 is 48.7 Å². The number of carbonyl (C=O) groups excluding carboxylic acids is 8. The molecule has 0 fully saturated rings. The van der Waals surface area contributed by atoms with Crippen molar-refractivity contribution < 1.29 is 118 Å². The summed E-state index contributed by atoms with van der Waals surface area (Å²) < 4.78 is 0. The van der Waals surface area contributed by atoms with Crippen LogP contribution in [-0.4, -0.2) is 304 Å². The maximum Gasteiger partial charge on any atom is 0.413 e. The highest BCUT2D eigenvalue weighted by atomic mass is 16.4. The van der Waals surface area contributed by atoms with Crippen LogP contribution in [-0.2, 0) is 49.4 Å². The molecule has 0 saturated carbocycles. The molecular weight excluding hydrogens is 1450 g/mol. The van der Waals surface area contributed by atoms with Gasteiger partial charge in [-0.2, -0.15) is 0 Å². The fraction of sp³-hybridized carbons (Fsp3) is 0.378. The van der Waals surface area contributed by atoms with Gasteiger partial charge in [0, 0.05) is 97.3 Å². The van der Waals surface area contributed by atoms with Crippen LogP contribution in [0.3, 0.4) is 0 Å². The smallest absolute Gasteiger partial charge is 0.413 e. The minimum Gasteiger partial charge on any atom is -0.465 e. The molecule has 7 rings (SSSR count). The summed E-state index contributed by atoms with van der Waals surface area (Å²) in [5, 5.41) is 83.4. The highest BCUT2D eigenvalue weighted by molar-refractivity contribution is 6.10. The lowest BCUT2D eigenvalue weighted by Crippen LogP contribution is -2.67. The van der Waals surface area contributed by atoms with Crippen molar-refractivity contribution >= 4 is 147 Å². The van der Waals surface area contributed by atoms with E-state index in [0.29, 0.717) is 50.3 Å². The maximum atomic E-state index is 15.3. The van der Waals surface area contributed by atoms with Gasteiger partial charge in [0.15, 0.2) is 0 Å². The molecule has 2 aliphatic rings. The second-order valence-corrected chi connectivity index (χ2v) is 27.0. The first-order valence-corrected chi connectivity index (χ1v) is 34.2. The molecule has 0 radical (unpaired) electrons. The van der Waals surface area contributed by atoms with Gasteiger partial charge in [-0.05, 0) is 113 Å². The van der Waals surface area contributed by atoms with Crippen LogP contribution in [0.1, 0.15) is 77.6 Å². The van der Waals surface area contributed by atoms with E-state index in [4.69, 9.17) is 0 Å². The minimum atomic E-state index is -2.29. The zero-order chi connectivity index (χ0) is 83.6. The van der Waals surface area contributed by atoms with Gasteiger partial charge in [-0.25, -0.2) is 77.6 Å². The number of nitrogens with zero attached hydrogens (tertiary/aromatic N) is 13. The summed E-state index contributed by atoms with van der Waals surface area (Å²) in [7, 11) is 7.40. The third-order valence-electron chi connectivity index (χ3n) is 20.7. The van der Waals surface area contributed by atoms with Crippen molar-refractivity contribution in [2.24, 2.45) is 0 Å². The summed E-state index contributed by atoms with van der Waals surface area (Å²) in [5.74, 6) is -9.38. The summed E-state index contributed by atoms with van der Waals surface area (Å²) in [6.07, 6.45) is -8.02. The van der Waals surface area contributed by atoms with Crippen LogP contribution in [0.2, 0.25) is 0 Å². The molecule has 0 heterocycles. The number of hydrogen-bond donors (Lipinski definition) is 8. The lowest BCUT2D eigenvalue weighted by Gasteiger charge is -2.55. The Morgan fingerprint density at radius 2 is 0.532 bits per heavy atom. The Morgan fingerprint density at radius 3 is 0.766 bits per heavy atom. The number of carbonyl (C=O) groups is 16. The van der Waals surface area contributed by atoms with Gasteiger partial charge in [-0.1, -0.05) is 91.0 Å². The third-order valence-corrected chi connectivity index (χ3v) is 20.7. The molecule has 5 aromatic rings. The maximum absolute atomic E-state index is 15.3. The van der Waals surface area contributed by atoms with Gasteiger partial charge in [0.1, 0.15) is 24.2 Å². The average molecular weight is 1540 g/mol. The van der Waals surface area contributed by atoms with Crippen molar-refractivity contribution in [1.82, 2.24) is 49.0 Å². The SMILES string of the molecule is CC(C(=O)N(C)C(=O)O)N(c1ccc2c3c(cccc13)C=CC2(CN(CC1(N(C(C)C(=O)N(C)C(=O)O)C(C)C(=O)N(C)C(=O)O)C=Cc2cccc3c(N(C(C)C(=O)N(C)C(=O)O)C(C)C(=O)N(C)C(=O)O)ccc1c23)c1ccccc1)N(C(C)C(=O)N(C)C(=O)O)C(C)C(=O)N(C)C(=O)O)C(C)C(=O)N(C)C(=O)O. The van der Waals surface area contributed by atoms with Crippen LogP contribution in [0.4, 0.5) is 55.4 Å². The van der Waals surface area contributed by atoms with Gasteiger partial charge in [0.05, 0.1) is 35.2 Å². The molecule has 10 unspecified atom stereocenters. The van der Waals surface area contributed by atoms with Crippen molar-refractivity contribution in [3.05, 3.63) is 125 Å². The van der Waals surface area contributed by atoms with E-state index in [-0.39, 0.29) is 49.7 Å². The van der Waals surface area contributed by atoms with Gasteiger partial charge in [-0.15, -0.1) is 0 Å². The third kappa shape index (κ3) is 15.8. The van der Waals surface area contributed by atoms with Crippen LogP contribution in [0, 0.1) is 0 Å². The number of hydrogen-bond acceptors (Lipinski definition) is 21. The topological polar surface area (TPSA) is 477 Å². The number of benzene rings is 5. The molecule has 0 aliphatic heterocycles. The van der Waals surface area contributed by atoms with E-state index in [1.807, 2.05) is 0 Å². The van der Waals surface area contributed by atoms with E-state index >= 15 is 19.2 Å². The van der Waals surface area contributed by atoms with E-state index in [9.17, 15) is 98.4 Å². The van der Waals surface area contributed by atoms with E-state index < -0.39 is 169 Å². The van der Waals surface area contributed by atoms with Crippen molar-refractivity contribution in [3.63, 3.8) is 0 Å². The Labute approximate surface area is 635 Å². The van der Waals surface area contributed by atoms with Crippen molar-refractivity contribution in [2.45, 2.75) is 115 Å². The molecule has 37 nitrogen and oxygen atoms in total. The van der Waals surface area contributed by atoms with Gasteiger partial charge < -0.3 is 55.6 Å². The molecular formula is C74H87N13O24. The average Bonchev–Trinajstić information content (AvgIpc) is 0.709. The lowest BCUT2D eigenvalue weighted by molar-refractivity contribution is -0.144. The molecule has 0 bridgehead atoms. The first kappa shape index (κ1) is 85.2. The highest BCUT2D eigenvalue weighted by Crippen LogP contribution is 2.51. The molecule has 5 aromatic carbocycles. The van der Waals surface area contributed by atoms with E-state index in [2.05, 4.69) is 0 Å². The van der Waals surface area contributed by atoms with Gasteiger partial charge in [0.25, 0.3) is 23.6 Å². The predicted molar refractivity (Wildman–Crippen MR) is 399 cm³/mol. The summed E-state index contributed by atoms with van der Waals surface area (Å²) in [6.45, 7) is 8.53. The van der Waals surface area contributed by atoms with Gasteiger partial charge in [-0.3, -0.25) is 48.2 Å². The number of rotatable bonds is 25. The fourth-order valence-electron chi connectivity index (χ4n) is 14.8. The van der Waals surface area contributed by atoms with Crippen LogP contribution in [0.15, 0.2) is 103 Å². The second kappa shape index (κ2) is 33.2. The highest BCUT2D eigenvalue weighted by Gasteiger charge is 2.55. The summed E-state index contributed by atoms with van der Waals surface area (Å²) >= 11 is 0. The fourth-order valence-corrected chi connectivity index (χ4v) is 14.8. The Hall–Kier alpha value is -13.1. The van der Waals surface area contributed by atoms with Gasteiger partial charge in [0.2, 0.25) is 23.6 Å². The molecule has 0 saturated heterocycles. The molecule has 8 N–H and O–H groups in total. The number of amides is 16. The molecule has 10 atom stereocenters. The summed E-state index contributed by atoms with van der Waals surface area (Å²) in [6, 6.07) is 8.70. The summed E-state index contributed by atoms with van der Waals surface area (Å²) in [5.41, 5.74) is -3.82. The lowest BCUT2D eigenvalue weighted by atomic mass is 9.74. The molecule has 2 aliphatic carbocycles. The Morgan fingerprint density at radius 1 is 0.297 bits per heavy atom. The standard InChI is InChI=1S/C74H87N13O24/c1-38(57(88)75(9)65(96)97)84(39(2)58(89)76(10)66(98)99)53-30-28-51-55-46(22-20-26-49(53)55)32-34-73(51,86(42(5)61(92)79(13)69(104)105)43(6)62(93)80(14)70(106)107)36-83(48-24-18-17-19-25-48)37-74(87(44(7)63(94)81(15)71(108)109)45(8)64(95)82(16)72(110)111)35-33-47-23-21-27-50-54(31-29-52(74)56(47)50)85(40(3)59(90)77(11)67(100)101)41(4)60(91)78(12)68(102)103/h17-35,38-45H,36-37H2,1-16H3,(H,96,97)(H,98,99)(H,100,101)(H,102,103)(H,104,105)(H,106,107)(H,108,109)(H,110,111). The van der Waals surface area contributed by atoms with E-state index in [1.54, 1.807) is 59.5 Å². The molecule has 37 heteroatoms. The Balaban J connectivity index is 1.76. The zero-order valence-corrected chi connectivity index (χ0v) is 63.4. The number of likely N-dealkylation sites (N-methyl/N-ethyl adjacent to an activating group) is 8.